The molecule has 33 heavy (non-hydrogen) atoms. The fourth-order valence-electron chi connectivity index (χ4n) is 3.44. The van der Waals surface area contributed by atoms with Gasteiger partial charge < -0.3 is 9.15 Å². The van der Waals surface area contributed by atoms with Crippen molar-refractivity contribution in [1.82, 2.24) is 14.6 Å². The van der Waals surface area contributed by atoms with E-state index in [-0.39, 0.29) is 11.5 Å². The molecule has 3 heterocycles. The summed E-state index contributed by atoms with van der Waals surface area (Å²) in [5, 5.41) is 4.39. The Hall–Kier alpha value is -4.04. The molecule has 0 N–H and O–H groups in total. The largest absolute Gasteiger partial charge is 0.462 e. The molecular formula is C25H19N3O4S. The Morgan fingerprint density at radius 2 is 1.94 bits per heavy atom. The Morgan fingerprint density at radius 3 is 2.67 bits per heavy atom. The van der Waals surface area contributed by atoms with Gasteiger partial charge in [0.05, 0.1) is 12.2 Å². The number of benzene rings is 2. The van der Waals surface area contributed by atoms with Crippen LogP contribution in [0.2, 0.25) is 0 Å². The zero-order valence-corrected chi connectivity index (χ0v) is 18.8. The Bertz CT molecular complexity index is 1580. The standard InChI is InChI=1S/C25H19N3O4S/c1-3-31-24(30)17-9-7-16(8-10-17)20-12-11-19(32-20)14-21-23(29)28-25(33-21)26-22(27-28)18-6-4-5-15(2)13-18/h4-14H,3H2,1-2H3/b21-14-. The minimum Gasteiger partial charge on any atom is -0.462 e. The van der Waals surface area contributed by atoms with Gasteiger partial charge in [0.1, 0.15) is 16.1 Å². The minimum absolute atomic E-state index is 0.238. The first kappa shape index (κ1) is 20.8. The number of furan rings is 1. The van der Waals surface area contributed by atoms with E-state index in [4.69, 9.17) is 9.15 Å². The first-order chi connectivity index (χ1) is 16.0. The van der Waals surface area contributed by atoms with E-state index in [1.807, 2.05) is 37.3 Å². The normalized spacial score (nSPS) is 11.9. The highest BCUT2D eigenvalue weighted by molar-refractivity contribution is 7.15. The molecule has 0 unspecified atom stereocenters. The lowest BCUT2D eigenvalue weighted by Gasteiger charge is -2.02. The number of rotatable bonds is 5. The second-order valence-electron chi connectivity index (χ2n) is 7.41. The van der Waals surface area contributed by atoms with Crippen molar-refractivity contribution in [3.05, 3.63) is 92.4 Å². The number of aromatic nitrogens is 3. The molecule has 3 aromatic heterocycles. The van der Waals surface area contributed by atoms with E-state index in [1.165, 1.54) is 15.9 Å². The van der Waals surface area contributed by atoms with Crippen LogP contribution in [0.1, 0.15) is 28.6 Å². The first-order valence-corrected chi connectivity index (χ1v) is 11.2. The van der Waals surface area contributed by atoms with Crippen molar-refractivity contribution in [2.75, 3.05) is 6.61 Å². The summed E-state index contributed by atoms with van der Waals surface area (Å²) >= 11 is 1.26. The van der Waals surface area contributed by atoms with Gasteiger partial charge in [0.2, 0.25) is 4.96 Å². The van der Waals surface area contributed by atoms with Crippen LogP contribution in [-0.2, 0) is 4.74 Å². The molecule has 5 aromatic rings. The topological polar surface area (TPSA) is 86.7 Å². The quantitative estimate of drug-likeness (QED) is 0.369. The van der Waals surface area contributed by atoms with Crippen LogP contribution in [0.5, 0.6) is 0 Å². The zero-order chi connectivity index (χ0) is 22.9. The average Bonchev–Trinajstić information content (AvgIpc) is 3.52. The molecule has 0 aliphatic carbocycles. The van der Waals surface area contributed by atoms with E-state index in [0.29, 0.717) is 39.0 Å². The van der Waals surface area contributed by atoms with Crippen LogP contribution in [0, 0.1) is 6.92 Å². The monoisotopic (exact) mass is 457 g/mol. The molecular weight excluding hydrogens is 438 g/mol. The summed E-state index contributed by atoms with van der Waals surface area (Å²) < 4.78 is 12.7. The third kappa shape index (κ3) is 4.08. The molecule has 7 nitrogen and oxygen atoms in total. The van der Waals surface area contributed by atoms with Gasteiger partial charge in [-0.05, 0) is 44.2 Å². The highest BCUT2D eigenvalue weighted by Crippen LogP contribution is 2.23. The molecule has 0 atom stereocenters. The Balaban J connectivity index is 1.43. The van der Waals surface area contributed by atoms with Crippen molar-refractivity contribution < 1.29 is 13.9 Å². The van der Waals surface area contributed by atoms with Gasteiger partial charge in [-0.25, -0.2) is 4.79 Å². The predicted octanol–water partition coefficient (Wildman–Crippen LogP) is 4.11. The van der Waals surface area contributed by atoms with Gasteiger partial charge in [0.15, 0.2) is 5.82 Å². The first-order valence-electron chi connectivity index (χ1n) is 10.4. The van der Waals surface area contributed by atoms with Crippen LogP contribution in [0.25, 0.3) is 33.7 Å². The summed E-state index contributed by atoms with van der Waals surface area (Å²) in [7, 11) is 0. The molecule has 0 amide bonds. The number of aryl methyl sites for hydroxylation is 1. The van der Waals surface area contributed by atoms with Gasteiger partial charge in [0, 0.05) is 17.2 Å². The van der Waals surface area contributed by atoms with Crippen molar-refractivity contribution >= 4 is 28.3 Å². The maximum Gasteiger partial charge on any atom is 0.338 e. The Labute approximate surface area is 192 Å². The lowest BCUT2D eigenvalue weighted by Crippen LogP contribution is -2.23. The summed E-state index contributed by atoms with van der Waals surface area (Å²) in [5.74, 6) is 1.34. The summed E-state index contributed by atoms with van der Waals surface area (Å²) in [6.07, 6.45) is 1.69. The molecule has 0 aliphatic rings. The molecule has 0 saturated carbocycles. The second kappa shape index (κ2) is 8.48. The van der Waals surface area contributed by atoms with Crippen LogP contribution in [-0.4, -0.2) is 27.2 Å². The average molecular weight is 458 g/mol. The number of nitrogens with zero attached hydrogens (tertiary/aromatic N) is 3. The fraction of sp³-hybridized carbons (Fsp3) is 0.120. The highest BCUT2D eigenvalue weighted by atomic mass is 32.1. The van der Waals surface area contributed by atoms with Crippen LogP contribution in [0.15, 0.2) is 69.9 Å². The number of fused-ring (bicyclic) bond motifs is 1. The van der Waals surface area contributed by atoms with Crippen LogP contribution in [0.3, 0.4) is 0 Å². The van der Waals surface area contributed by atoms with Crippen LogP contribution < -0.4 is 10.1 Å². The molecule has 0 bridgehead atoms. The van der Waals surface area contributed by atoms with E-state index in [2.05, 4.69) is 10.1 Å². The van der Waals surface area contributed by atoms with Gasteiger partial charge in [-0.1, -0.05) is 47.2 Å². The molecule has 0 spiro atoms. The number of carbonyl (C=O) groups is 1. The van der Waals surface area contributed by atoms with Gasteiger partial charge >= 0.3 is 5.97 Å². The molecule has 2 aromatic carbocycles. The number of hydrogen-bond donors (Lipinski definition) is 0. The molecule has 5 rings (SSSR count). The van der Waals surface area contributed by atoms with Crippen molar-refractivity contribution in [3.8, 4) is 22.7 Å². The summed E-state index contributed by atoms with van der Waals surface area (Å²) in [6.45, 7) is 4.10. The van der Waals surface area contributed by atoms with E-state index >= 15 is 0 Å². The second-order valence-corrected chi connectivity index (χ2v) is 8.42. The van der Waals surface area contributed by atoms with Gasteiger partial charge in [0.25, 0.3) is 5.56 Å². The third-order valence-electron chi connectivity index (χ3n) is 5.04. The van der Waals surface area contributed by atoms with E-state index in [1.54, 1.807) is 43.3 Å². The summed E-state index contributed by atoms with van der Waals surface area (Å²) in [4.78, 5) is 29.7. The van der Waals surface area contributed by atoms with Crippen molar-refractivity contribution in [1.29, 1.82) is 0 Å². The molecule has 0 fully saturated rings. The van der Waals surface area contributed by atoms with Crippen LogP contribution >= 0.6 is 11.3 Å². The molecule has 8 heteroatoms. The van der Waals surface area contributed by atoms with Gasteiger partial charge in [-0.2, -0.15) is 9.50 Å². The number of hydrogen-bond acceptors (Lipinski definition) is 7. The lowest BCUT2D eigenvalue weighted by molar-refractivity contribution is 0.0526. The number of esters is 1. The molecule has 0 saturated heterocycles. The third-order valence-corrected chi connectivity index (χ3v) is 6.00. The zero-order valence-electron chi connectivity index (χ0n) is 17.9. The molecule has 0 aliphatic heterocycles. The summed E-state index contributed by atoms with van der Waals surface area (Å²) in [5.41, 5.74) is 3.04. The Morgan fingerprint density at radius 1 is 1.12 bits per heavy atom. The van der Waals surface area contributed by atoms with Crippen molar-refractivity contribution in [2.24, 2.45) is 0 Å². The minimum atomic E-state index is -0.359. The Kier molecular flexibility index (Phi) is 5.35. The smallest absolute Gasteiger partial charge is 0.338 e. The van der Waals surface area contributed by atoms with Crippen LogP contribution in [0.4, 0.5) is 0 Å². The number of thiazole rings is 1. The highest BCUT2D eigenvalue weighted by Gasteiger charge is 2.13. The molecule has 0 radical (unpaired) electrons. The van der Waals surface area contributed by atoms with Crippen molar-refractivity contribution in [3.63, 3.8) is 0 Å². The van der Waals surface area contributed by atoms with Gasteiger partial charge in [-0.15, -0.1) is 5.10 Å². The van der Waals surface area contributed by atoms with E-state index < -0.39 is 0 Å². The van der Waals surface area contributed by atoms with E-state index in [0.717, 1.165) is 16.7 Å². The van der Waals surface area contributed by atoms with Gasteiger partial charge in [-0.3, -0.25) is 4.79 Å². The molecule has 164 valence electrons. The predicted molar refractivity (Wildman–Crippen MR) is 126 cm³/mol. The maximum atomic E-state index is 12.8. The lowest BCUT2D eigenvalue weighted by atomic mass is 10.1. The van der Waals surface area contributed by atoms with E-state index in [9.17, 15) is 9.59 Å². The van der Waals surface area contributed by atoms with Crippen molar-refractivity contribution in [2.45, 2.75) is 13.8 Å². The maximum absolute atomic E-state index is 12.8. The summed E-state index contributed by atoms with van der Waals surface area (Å²) in [6, 6.07) is 18.4. The SMILES string of the molecule is CCOC(=O)c1ccc(-c2ccc(/C=c3\sc4nc(-c5cccc(C)c5)nn4c3=O)o2)cc1. The fourth-order valence-corrected chi connectivity index (χ4v) is 4.33. The number of carbonyl (C=O) groups excluding carboxylic acids is 1. The number of ether oxygens (including phenoxy) is 1.